The molecule has 2 atom stereocenters. The minimum atomic E-state index is -4.36. The maximum Gasteiger partial charge on any atom is 0.472 e. The highest BCUT2D eigenvalue weighted by atomic mass is 31.2. The number of hydrogen-bond donors (Lipinski definition) is 1. The number of quaternary nitrogens is 1. The molecule has 0 saturated carbocycles. The molecule has 0 spiro atoms. The van der Waals surface area contributed by atoms with E-state index in [-0.39, 0.29) is 32.0 Å². The molecule has 0 radical (unpaired) electrons. The fraction of sp³-hybridized carbons (Fsp3) is 0.857. The van der Waals surface area contributed by atoms with Crippen LogP contribution in [0.4, 0.5) is 0 Å². The fourth-order valence-electron chi connectivity index (χ4n) is 5.63. The number of esters is 2. The first-order chi connectivity index (χ1) is 25.0. The summed E-state index contributed by atoms with van der Waals surface area (Å²) in [6.45, 7) is 4.37. The van der Waals surface area contributed by atoms with Crippen molar-refractivity contribution >= 4 is 19.8 Å². The lowest BCUT2D eigenvalue weighted by atomic mass is 10.1. The summed E-state index contributed by atoms with van der Waals surface area (Å²) in [6, 6.07) is 0. The second-order valence-corrected chi connectivity index (χ2v) is 16.8. The van der Waals surface area contributed by atoms with Gasteiger partial charge in [0.05, 0.1) is 27.7 Å². The van der Waals surface area contributed by atoms with Gasteiger partial charge in [0.1, 0.15) is 19.8 Å². The Morgan fingerprint density at radius 2 is 1.04 bits per heavy atom. The summed E-state index contributed by atoms with van der Waals surface area (Å²) >= 11 is 0. The molecule has 0 fully saturated rings. The quantitative estimate of drug-likeness (QED) is 0.0218. The smallest absolute Gasteiger partial charge is 0.462 e. The van der Waals surface area contributed by atoms with Gasteiger partial charge in [-0.25, -0.2) is 4.57 Å². The van der Waals surface area contributed by atoms with Crippen LogP contribution in [0.5, 0.6) is 0 Å². The minimum absolute atomic E-state index is 0.0326. The molecule has 10 heteroatoms. The van der Waals surface area contributed by atoms with Gasteiger partial charge in [0.15, 0.2) is 6.10 Å². The zero-order chi connectivity index (χ0) is 38.6. The van der Waals surface area contributed by atoms with E-state index < -0.39 is 26.5 Å². The normalized spacial score (nSPS) is 13.9. The maximum absolute atomic E-state index is 12.6. The molecule has 0 aliphatic rings. The number of unbranched alkanes of at least 4 members (excludes halogenated alkanes) is 20. The number of phosphoric acid groups is 1. The van der Waals surface area contributed by atoms with Crippen molar-refractivity contribution in [1.29, 1.82) is 0 Å². The van der Waals surface area contributed by atoms with E-state index in [0.717, 1.165) is 38.5 Å². The minimum Gasteiger partial charge on any atom is -0.462 e. The summed E-state index contributed by atoms with van der Waals surface area (Å²) in [7, 11) is 1.48. The molecule has 0 amide bonds. The Bertz CT molecular complexity index is 949. The molecular weight excluding hydrogens is 677 g/mol. The molecule has 0 rings (SSSR count). The average Bonchev–Trinajstić information content (AvgIpc) is 3.09. The first kappa shape index (κ1) is 50.5. The van der Waals surface area contributed by atoms with Crippen LogP contribution in [0.2, 0.25) is 0 Å². The molecule has 0 aliphatic heterocycles. The summed E-state index contributed by atoms with van der Waals surface area (Å²) in [5, 5.41) is 0. The van der Waals surface area contributed by atoms with E-state index in [1.807, 2.05) is 21.1 Å². The summed E-state index contributed by atoms with van der Waals surface area (Å²) in [5.41, 5.74) is 0. The van der Waals surface area contributed by atoms with Crippen LogP contribution in [0, 0.1) is 0 Å². The Labute approximate surface area is 319 Å². The van der Waals surface area contributed by atoms with Gasteiger partial charge < -0.3 is 18.9 Å². The maximum atomic E-state index is 12.6. The Balaban J connectivity index is 4.27. The molecule has 0 aliphatic carbocycles. The third-order valence-corrected chi connectivity index (χ3v) is 9.97. The average molecular weight is 759 g/mol. The van der Waals surface area contributed by atoms with Crippen LogP contribution in [0.1, 0.15) is 181 Å². The number of carbonyl (C=O) groups is 2. The topological polar surface area (TPSA) is 108 Å². The Morgan fingerprint density at radius 3 is 1.56 bits per heavy atom. The third-order valence-electron chi connectivity index (χ3n) is 8.98. The van der Waals surface area contributed by atoms with Crippen LogP contribution >= 0.6 is 7.82 Å². The van der Waals surface area contributed by atoms with Gasteiger partial charge in [0.25, 0.3) is 0 Å². The van der Waals surface area contributed by atoms with Crippen LogP contribution in [-0.2, 0) is 32.7 Å². The van der Waals surface area contributed by atoms with Gasteiger partial charge in [0.2, 0.25) is 0 Å². The van der Waals surface area contributed by atoms with Crippen molar-refractivity contribution in [1.82, 2.24) is 0 Å². The number of carbonyl (C=O) groups excluding carboxylic acids is 2. The van der Waals surface area contributed by atoms with E-state index in [0.29, 0.717) is 17.4 Å². The first-order valence-electron chi connectivity index (χ1n) is 21.1. The van der Waals surface area contributed by atoms with Gasteiger partial charge in [-0.2, -0.15) is 0 Å². The lowest BCUT2D eigenvalue weighted by Crippen LogP contribution is -2.37. The number of likely N-dealkylation sites (N-methyl/N-ethyl adjacent to an activating group) is 1. The zero-order valence-electron chi connectivity index (χ0n) is 34.3. The van der Waals surface area contributed by atoms with E-state index in [4.69, 9.17) is 18.5 Å². The number of nitrogens with zero attached hydrogens (tertiary/aromatic N) is 1. The van der Waals surface area contributed by atoms with Crippen molar-refractivity contribution in [2.24, 2.45) is 0 Å². The SMILES string of the molecule is CCCCC/C=C\C/C=C\CCCCCCCCCCCC(=O)OC[C@H](COP(=O)(O)OCC[N+](C)(C)C)OC(=O)CCCCCCCCCCC. The molecule has 1 unspecified atom stereocenters. The van der Waals surface area contributed by atoms with Crippen molar-refractivity contribution in [3.8, 4) is 0 Å². The van der Waals surface area contributed by atoms with E-state index in [9.17, 15) is 19.0 Å². The number of rotatable bonds is 38. The van der Waals surface area contributed by atoms with E-state index in [1.54, 1.807) is 0 Å². The molecule has 0 aromatic carbocycles. The number of allylic oxidation sites excluding steroid dienone is 4. The monoisotopic (exact) mass is 759 g/mol. The van der Waals surface area contributed by atoms with E-state index >= 15 is 0 Å². The van der Waals surface area contributed by atoms with Crippen LogP contribution < -0.4 is 0 Å². The standard InChI is InChI=1S/C42H80NO8P/c1-6-8-10-12-14-16-17-18-19-20-21-22-23-24-25-27-28-30-32-34-41(44)48-38-40(39-50-52(46,47)49-37-36-43(3,4)5)51-42(45)35-33-31-29-26-15-13-11-9-7-2/h14,16,18-19,40H,6-13,15,17,20-39H2,1-5H3/p+1/b16-14-,19-18-/t40-/m1/s1. The van der Waals surface area contributed by atoms with Crippen LogP contribution in [0.25, 0.3) is 0 Å². The lowest BCUT2D eigenvalue weighted by Gasteiger charge is -2.24. The largest absolute Gasteiger partial charge is 0.472 e. The molecule has 0 bridgehead atoms. The van der Waals surface area contributed by atoms with Crippen molar-refractivity contribution in [3.05, 3.63) is 24.3 Å². The molecule has 52 heavy (non-hydrogen) atoms. The lowest BCUT2D eigenvalue weighted by molar-refractivity contribution is -0.870. The summed E-state index contributed by atoms with van der Waals surface area (Å²) in [6.07, 6.45) is 36.6. The molecule has 0 aromatic rings. The molecule has 1 N–H and O–H groups in total. The highest BCUT2D eigenvalue weighted by molar-refractivity contribution is 7.47. The Morgan fingerprint density at radius 1 is 0.596 bits per heavy atom. The summed E-state index contributed by atoms with van der Waals surface area (Å²) < 4.78 is 34.2. The number of phosphoric ester groups is 1. The predicted molar refractivity (Wildman–Crippen MR) is 215 cm³/mol. The second-order valence-electron chi connectivity index (χ2n) is 15.4. The molecule has 0 saturated heterocycles. The third kappa shape index (κ3) is 38.2. The zero-order valence-corrected chi connectivity index (χ0v) is 35.2. The van der Waals surface area contributed by atoms with Crippen molar-refractivity contribution in [2.45, 2.75) is 187 Å². The Kier molecular flexibility index (Phi) is 34.2. The van der Waals surface area contributed by atoms with Crippen LogP contribution in [0.15, 0.2) is 24.3 Å². The van der Waals surface area contributed by atoms with Crippen LogP contribution in [-0.4, -0.2) is 74.9 Å². The molecule has 306 valence electrons. The van der Waals surface area contributed by atoms with E-state index in [1.165, 1.54) is 109 Å². The number of ether oxygens (including phenoxy) is 2. The number of hydrogen-bond acceptors (Lipinski definition) is 7. The Hall–Kier alpha value is -1.51. The highest BCUT2D eigenvalue weighted by Crippen LogP contribution is 2.43. The summed E-state index contributed by atoms with van der Waals surface area (Å²) in [5.74, 6) is -0.803. The van der Waals surface area contributed by atoms with Gasteiger partial charge in [0, 0.05) is 12.8 Å². The van der Waals surface area contributed by atoms with Crippen molar-refractivity contribution in [3.63, 3.8) is 0 Å². The molecule has 9 nitrogen and oxygen atoms in total. The van der Waals surface area contributed by atoms with Crippen LogP contribution in [0.3, 0.4) is 0 Å². The van der Waals surface area contributed by atoms with Gasteiger partial charge in [-0.15, -0.1) is 0 Å². The van der Waals surface area contributed by atoms with Crippen molar-refractivity contribution in [2.75, 3.05) is 47.5 Å². The van der Waals surface area contributed by atoms with Gasteiger partial charge in [-0.1, -0.05) is 147 Å². The summed E-state index contributed by atoms with van der Waals surface area (Å²) in [4.78, 5) is 35.2. The van der Waals surface area contributed by atoms with E-state index in [2.05, 4.69) is 38.2 Å². The fourth-order valence-corrected chi connectivity index (χ4v) is 6.37. The molecule has 0 aromatic heterocycles. The second kappa shape index (κ2) is 35.2. The van der Waals surface area contributed by atoms with Gasteiger partial charge in [-0.3, -0.25) is 18.6 Å². The predicted octanol–water partition coefficient (Wildman–Crippen LogP) is 11.6. The van der Waals surface area contributed by atoms with Crippen molar-refractivity contribution < 1.29 is 42.1 Å². The van der Waals surface area contributed by atoms with Gasteiger partial charge in [-0.05, 0) is 44.9 Å². The highest BCUT2D eigenvalue weighted by Gasteiger charge is 2.27. The van der Waals surface area contributed by atoms with Gasteiger partial charge >= 0.3 is 19.8 Å². The molecular formula is C42H81NO8P+. The molecule has 0 heterocycles. The first-order valence-corrected chi connectivity index (χ1v) is 22.6.